The first-order valence-electron chi connectivity index (χ1n) is 12.4. The van der Waals surface area contributed by atoms with Gasteiger partial charge in [-0.15, -0.1) is 0 Å². The minimum atomic E-state index is -0.119. The SMILES string of the molecule is CC1CCC(C(C)C)C(OC(=O)C2C(C)C2COC(c2ccccc2)c2ccccc2)C1. The summed E-state index contributed by atoms with van der Waals surface area (Å²) in [6.45, 7) is 9.52. The lowest BCUT2D eigenvalue weighted by Crippen LogP contribution is -2.36. The van der Waals surface area contributed by atoms with Crippen molar-refractivity contribution >= 4 is 5.97 Å². The molecule has 32 heavy (non-hydrogen) atoms. The Morgan fingerprint density at radius 3 is 2.09 bits per heavy atom. The average molecular weight is 435 g/mol. The molecular weight excluding hydrogens is 396 g/mol. The highest BCUT2D eigenvalue weighted by molar-refractivity contribution is 5.76. The summed E-state index contributed by atoms with van der Waals surface area (Å²) in [6.07, 6.45) is 3.36. The zero-order valence-electron chi connectivity index (χ0n) is 19.9. The van der Waals surface area contributed by atoms with Crippen molar-refractivity contribution in [3.8, 4) is 0 Å². The standard InChI is InChI=1S/C29H38O3/c1-19(2)24-16-15-20(3)17-26(24)32-29(30)27-21(4)25(27)18-31-28(22-11-7-5-8-12-22)23-13-9-6-10-14-23/h5-14,19-21,24-28H,15-18H2,1-4H3. The Morgan fingerprint density at radius 2 is 1.53 bits per heavy atom. The van der Waals surface area contributed by atoms with Gasteiger partial charge in [0.2, 0.25) is 0 Å². The third-order valence-corrected chi connectivity index (χ3v) is 7.72. The predicted molar refractivity (Wildman–Crippen MR) is 128 cm³/mol. The summed E-state index contributed by atoms with van der Waals surface area (Å²) in [5.41, 5.74) is 2.28. The Bertz CT molecular complexity index is 823. The molecule has 6 unspecified atom stereocenters. The average Bonchev–Trinajstić information content (AvgIpc) is 3.44. The van der Waals surface area contributed by atoms with Gasteiger partial charge < -0.3 is 9.47 Å². The van der Waals surface area contributed by atoms with Crippen molar-refractivity contribution in [3.05, 3.63) is 71.8 Å². The summed E-state index contributed by atoms with van der Waals surface area (Å²) in [5, 5.41) is 0. The van der Waals surface area contributed by atoms with Gasteiger partial charge in [-0.3, -0.25) is 4.79 Å². The molecule has 3 nitrogen and oxygen atoms in total. The maximum absolute atomic E-state index is 13.1. The van der Waals surface area contributed by atoms with Crippen LogP contribution in [0.3, 0.4) is 0 Å². The second-order valence-corrected chi connectivity index (χ2v) is 10.4. The highest BCUT2D eigenvalue weighted by Gasteiger charge is 2.53. The first-order chi connectivity index (χ1) is 15.5. The van der Waals surface area contributed by atoms with E-state index in [4.69, 9.17) is 9.47 Å². The summed E-state index contributed by atoms with van der Waals surface area (Å²) >= 11 is 0. The molecule has 2 aromatic rings. The zero-order chi connectivity index (χ0) is 22.7. The topological polar surface area (TPSA) is 35.5 Å². The van der Waals surface area contributed by atoms with Crippen LogP contribution in [0.4, 0.5) is 0 Å². The maximum Gasteiger partial charge on any atom is 0.309 e. The van der Waals surface area contributed by atoms with Gasteiger partial charge in [0.25, 0.3) is 0 Å². The van der Waals surface area contributed by atoms with Crippen molar-refractivity contribution in [2.24, 2.45) is 35.5 Å². The molecule has 0 radical (unpaired) electrons. The Labute approximate surface area is 193 Å². The van der Waals surface area contributed by atoms with E-state index in [1.165, 1.54) is 12.8 Å². The van der Waals surface area contributed by atoms with E-state index in [1.54, 1.807) is 0 Å². The molecule has 0 aromatic heterocycles. The van der Waals surface area contributed by atoms with E-state index in [9.17, 15) is 4.79 Å². The molecule has 0 amide bonds. The lowest BCUT2D eigenvalue weighted by molar-refractivity contribution is -0.158. The van der Waals surface area contributed by atoms with Gasteiger partial charge in [-0.25, -0.2) is 0 Å². The van der Waals surface area contributed by atoms with Crippen LogP contribution in [0.15, 0.2) is 60.7 Å². The van der Waals surface area contributed by atoms with Crippen LogP contribution in [0.2, 0.25) is 0 Å². The van der Waals surface area contributed by atoms with E-state index in [2.05, 4.69) is 52.0 Å². The molecule has 2 aromatic carbocycles. The Balaban J connectivity index is 1.38. The van der Waals surface area contributed by atoms with Crippen molar-refractivity contribution in [2.75, 3.05) is 6.61 Å². The number of hydrogen-bond acceptors (Lipinski definition) is 3. The Kier molecular flexibility index (Phi) is 7.35. The van der Waals surface area contributed by atoms with Crippen LogP contribution in [0.5, 0.6) is 0 Å². The summed E-state index contributed by atoms with van der Waals surface area (Å²) in [6, 6.07) is 20.7. The minimum Gasteiger partial charge on any atom is -0.462 e. The third-order valence-electron chi connectivity index (χ3n) is 7.72. The number of esters is 1. The van der Waals surface area contributed by atoms with Crippen LogP contribution < -0.4 is 0 Å². The first kappa shape index (κ1) is 23.0. The van der Waals surface area contributed by atoms with Gasteiger partial charge in [0.05, 0.1) is 12.5 Å². The van der Waals surface area contributed by atoms with Gasteiger partial charge in [0.1, 0.15) is 12.2 Å². The summed E-state index contributed by atoms with van der Waals surface area (Å²) < 4.78 is 12.6. The number of ether oxygens (including phenoxy) is 2. The van der Waals surface area contributed by atoms with Gasteiger partial charge in [0.15, 0.2) is 0 Å². The predicted octanol–water partition coefficient (Wildman–Crippen LogP) is 6.68. The van der Waals surface area contributed by atoms with Crippen LogP contribution in [0.25, 0.3) is 0 Å². The number of carbonyl (C=O) groups excluding carboxylic acids is 1. The first-order valence-corrected chi connectivity index (χ1v) is 12.4. The molecule has 0 N–H and O–H groups in total. The largest absolute Gasteiger partial charge is 0.462 e. The fraction of sp³-hybridized carbons (Fsp3) is 0.552. The Morgan fingerprint density at radius 1 is 0.938 bits per heavy atom. The van der Waals surface area contributed by atoms with Gasteiger partial charge in [-0.2, -0.15) is 0 Å². The molecule has 0 saturated heterocycles. The molecule has 2 saturated carbocycles. The van der Waals surface area contributed by atoms with E-state index < -0.39 is 0 Å². The summed E-state index contributed by atoms with van der Waals surface area (Å²) in [5.74, 6) is 2.17. The molecular formula is C29H38O3. The van der Waals surface area contributed by atoms with Gasteiger partial charge in [0, 0.05) is 0 Å². The molecule has 0 heterocycles. The number of rotatable bonds is 8. The van der Waals surface area contributed by atoms with Crippen LogP contribution in [0.1, 0.15) is 64.2 Å². The van der Waals surface area contributed by atoms with Crippen LogP contribution in [-0.2, 0) is 14.3 Å². The van der Waals surface area contributed by atoms with Crippen LogP contribution in [-0.4, -0.2) is 18.7 Å². The van der Waals surface area contributed by atoms with Crippen LogP contribution in [0, 0.1) is 35.5 Å². The maximum atomic E-state index is 13.1. The molecule has 3 heteroatoms. The molecule has 4 rings (SSSR count). The molecule has 2 aliphatic carbocycles. The summed E-state index contributed by atoms with van der Waals surface area (Å²) in [4.78, 5) is 13.1. The lowest BCUT2D eigenvalue weighted by Gasteiger charge is -2.36. The second kappa shape index (κ2) is 10.2. The lowest BCUT2D eigenvalue weighted by atomic mass is 9.75. The molecule has 0 spiro atoms. The normalized spacial score (nSPS) is 29.8. The molecule has 0 aliphatic heterocycles. The fourth-order valence-corrected chi connectivity index (χ4v) is 5.52. The third kappa shape index (κ3) is 5.26. The zero-order valence-corrected chi connectivity index (χ0v) is 19.9. The highest BCUT2D eigenvalue weighted by atomic mass is 16.5. The van der Waals surface area contributed by atoms with Gasteiger partial charge in [-0.05, 0) is 53.6 Å². The van der Waals surface area contributed by atoms with Crippen LogP contribution >= 0.6 is 0 Å². The minimum absolute atomic E-state index is 0.00757. The highest BCUT2D eigenvalue weighted by Crippen LogP contribution is 2.48. The van der Waals surface area contributed by atoms with Crippen molar-refractivity contribution in [1.82, 2.24) is 0 Å². The second-order valence-electron chi connectivity index (χ2n) is 10.4. The van der Waals surface area contributed by atoms with Crippen molar-refractivity contribution < 1.29 is 14.3 Å². The quantitative estimate of drug-likeness (QED) is 0.435. The van der Waals surface area contributed by atoms with Gasteiger partial charge >= 0.3 is 5.97 Å². The Hall–Kier alpha value is -2.13. The number of benzene rings is 2. The molecule has 0 bridgehead atoms. The van der Waals surface area contributed by atoms with E-state index in [1.807, 2.05) is 36.4 Å². The van der Waals surface area contributed by atoms with Crippen molar-refractivity contribution in [2.45, 2.75) is 59.2 Å². The van der Waals surface area contributed by atoms with Gasteiger partial charge in [-0.1, -0.05) is 94.8 Å². The van der Waals surface area contributed by atoms with Crippen molar-refractivity contribution in [3.63, 3.8) is 0 Å². The van der Waals surface area contributed by atoms with E-state index in [-0.39, 0.29) is 30.0 Å². The molecule has 2 aliphatic rings. The fourth-order valence-electron chi connectivity index (χ4n) is 5.52. The van der Waals surface area contributed by atoms with Crippen molar-refractivity contribution in [1.29, 1.82) is 0 Å². The van der Waals surface area contributed by atoms with E-state index in [0.717, 1.165) is 17.5 Å². The van der Waals surface area contributed by atoms with E-state index in [0.29, 0.717) is 30.3 Å². The molecule has 6 atom stereocenters. The number of hydrogen-bond donors (Lipinski definition) is 0. The van der Waals surface area contributed by atoms with E-state index >= 15 is 0 Å². The smallest absolute Gasteiger partial charge is 0.309 e. The molecule has 2 fully saturated rings. The monoisotopic (exact) mass is 434 g/mol. The summed E-state index contributed by atoms with van der Waals surface area (Å²) in [7, 11) is 0. The molecule has 172 valence electrons. The number of carbonyl (C=O) groups is 1.